The molecule has 0 aliphatic rings. The second kappa shape index (κ2) is 5.69. The van der Waals surface area contributed by atoms with Crippen LogP contribution in [0.4, 0.5) is 0 Å². The van der Waals surface area contributed by atoms with Crippen molar-refractivity contribution >= 4 is 13.5 Å². The van der Waals surface area contributed by atoms with E-state index in [1.54, 1.807) is 6.26 Å². The smallest absolute Gasteiger partial charge is 0.123 e. The molecule has 17 heavy (non-hydrogen) atoms. The Morgan fingerprint density at radius 3 is 2.53 bits per heavy atom. The number of hydrogen-bond donors (Lipinski definition) is 1. The maximum Gasteiger partial charge on any atom is 0.123 e. The normalized spacial score (nSPS) is 13.5. The van der Waals surface area contributed by atoms with Gasteiger partial charge in [0.2, 0.25) is 0 Å². The fourth-order valence-corrected chi connectivity index (χ4v) is 2.63. The maximum absolute atomic E-state index is 10.0. The first-order valence-electron chi connectivity index (χ1n) is 6.21. The van der Waals surface area contributed by atoms with Crippen LogP contribution in [-0.4, -0.2) is 13.2 Å². The molecule has 96 valence electrons. The van der Waals surface area contributed by atoms with Crippen molar-refractivity contribution in [1.82, 2.24) is 0 Å². The van der Waals surface area contributed by atoms with E-state index in [2.05, 4.69) is 39.6 Å². The Morgan fingerprint density at radius 1 is 1.41 bits per heavy atom. The van der Waals surface area contributed by atoms with Crippen molar-refractivity contribution in [2.24, 2.45) is 0 Å². The number of aliphatic hydroxyl groups excluding tert-OH is 1. The topological polar surface area (TPSA) is 33.4 Å². The highest BCUT2D eigenvalue weighted by Crippen LogP contribution is 2.19. The molecule has 0 fully saturated rings. The van der Waals surface area contributed by atoms with E-state index in [-0.39, 0.29) is 0 Å². The predicted molar refractivity (Wildman–Crippen MR) is 75.3 cm³/mol. The lowest BCUT2D eigenvalue weighted by Gasteiger charge is -2.11. The Morgan fingerprint density at radius 2 is 2.06 bits per heavy atom. The van der Waals surface area contributed by atoms with Crippen molar-refractivity contribution in [2.45, 2.75) is 52.4 Å². The van der Waals surface area contributed by atoms with Gasteiger partial charge in [-0.1, -0.05) is 31.3 Å². The van der Waals surface area contributed by atoms with E-state index in [4.69, 9.17) is 4.42 Å². The van der Waals surface area contributed by atoms with E-state index >= 15 is 0 Å². The minimum atomic E-state index is -1.40. The summed E-state index contributed by atoms with van der Waals surface area (Å²) < 4.78 is 5.56. The van der Waals surface area contributed by atoms with E-state index in [0.29, 0.717) is 0 Å². The summed E-state index contributed by atoms with van der Waals surface area (Å²) in [6.45, 7) is 10.9. The predicted octanol–water partition coefficient (Wildman–Crippen LogP) is 3.60. The third-order valence-corrected chi connectivity index (χ3v) is 4.48. The van der Waals surface area contributed by atoms with Crippen LogP contribution >= 0.6 is 0 Å². The van der Waals surface area contributed by atoms with Crippen molar-refractivity contribution in [1.29, 1.82) is 0 Å². The summed E-state index contributed by atoms with van der Waals surface area (Å²) in [6.07, 6.45) is 5.13. The Bertz CT molecular complexity index is 381. The number of hydrogen-bond acceptors (Lipinski definition) is 2. The van der Waals surface area contributed by atoms with E-state index in [1.807, 2.05) is 6.07 Å². The molecule has 3 heteroatoms. The molecule has 1 rings (SSSR count). The van der Waals surface area contributed by atoms with Gasteiger partial charge < -0.3 is 9.52 Å². The number of rotatable bonds is 5. The molecule has 1 N–H and O–H groups in total. The summed E-state index contributed by atoms with van der Waals surface area (Å²) in [5.74, 6) is 0. The summed E-state index contributed by atoms with van der Waals surface area (Å²) >= 11 is 0. The van der Waals surface area contributed by atoms with Crippen LogP contribution in [0.2, 0.25) is 19.6 Å². The van der Waals surface area contributed by atoms with Gasteiger partial charge in [-0.3, -0.25) is 0 Å². The first kappa shape index (κ1) is 14.3. The van der Waals surface area contributed by atoms with Crippen molar-refractivity contribution in [3.8, 4) is 0 Å². The summed E-state index contributed by atoms with van der Waals surface area (Å²) in [5, 5.41) is 11.1. The maximum atomic E-state index is 10.0. The highest BCUT2D eigenvalue weighted by molar-refractivity contribution is 6.87. The third-order valence-electron chi connectivity index (χ3n) is 2.74. The van der Waals surface area contributed by atoms with Crippen molar-refractivity contribution in [3.05, 3.63) is 29.5 Å². The molecule has 0 aromatic carbocycles. The van der Waals surface area contributed by atoms with Gasteiger partial charge in [0.25, 0.3) is 0 Å². The molecule has 0 aliphatic heterocycles. The molecule has 2 nitrogen and oxygen atoms in total. The quantitative estimate of drug-likeness (QED) is 0.641. The van der Waals surface area contributed by atoms with Crippen LogP contribution in [0.5, 0.6) is 0 Å². The molecule has 1 heterocycles. The van der Waals surface area contributed by atoms with Gasteiger partial charge in [-0.25, -0.2) is 0 Å². The Kier molecular flexibility index (Phi) is 4.77. The Labute approximate surface area is 105 Å². The standard InChI is InChI=1S/C14H24O2Si/c1-11(2)7-6-8-13(15)12-9-14(16-10-12)17(3,4)5/h7,9-10,13,15H,6,8H2,1-5H3. The second-order valence-corrected chi connectivity index (χ2v) is 10.9. The fourth-order valence-electron chi connectivity index (χ4n) is 1.62. The van der Waals surface area contributed by atoms with Crippen molar-refractivity contribution in [2.75, 3.05) is 0 Å². The van der Waals surface area contributed by atoms with E-state index in [1.165, 1.54) is 5.57 Å². The van der Waals surface area contributed by atoms with Gasteiger partial charge in [-0.05, 0) is 32.8 Å². The molecule has 1 aromatic rings. The molecule has 0 saturated heterocycles. The highest BCUT2D eigenvalue weighted by Gasteiger charge is 2.22. The van der Waals surface area contributed by atoms with Crippen LogP contribution in [0.1, 0.15) is 38.4 Å². The zero-order valence-corrected chi connectivity index (χ0v) is 12.6. The molecule has 0 amide bonds. The molecular weight excluding hydrogens is 228 g/mol. The molecule has 0 spiro atoms. The first-order chi connectivity index (χ1) is 7.80. The van der Waals surface area contributed by atoms with Crippen molar-refractivity contribution in [3.63, 3.8) is 0 Å². The highest BCUT2D eigenvalue weighted by atomic mass is 28.3. The SMILES string of the molecule is CC(C)=CCCC(O)c1coc([Si](C)(C)C)c1. The van der Waals surface area contributed by atoms with Crippen LogP contribution in [0.3, 0.4) is 0 Å². The molecule has 1 unspecified atom stereocenters. The van der Waals surface area contributed by atoms with Gasteiger partial charge in [0.15, 0.2) is 0 Å². The Balaban J connectivity index is 2.61. The van der Waals surface area contributed by atoms with Gasteiger partial charge >= 0.3 is 0 Å². The molecule has 1 atom stereocenters. The molecular formula is C14H24O2Si. The van der Waals surface area contributed by atoms with Gasteiger partial charge in [-0.2, -0.15) is 0 Å². The lowest BCUT2D eigenvalue weighted by molar-refractivity contribution is 0.168. The zero-order chi connectivity index (χ0) is 13.1. The van der Waals surface area contributed by atoms with Crippen molar-refractivity contribution < 1.29 is 9.52 Å². The van der Waals surface area contributed by atoms with Crippen LogP contribution < -0.4 is 5.38 Å². The van der Waals surface area contributed by atoms with Gasteiger partial charge in [0.05, 0.1) is 17.8 Å². The largest absolute Gasteiger partial charge is 0.474 e. The lowest BCUT2D eigenvalue weighted by Crippen LogP contribution is -2.36. The van der Waals surface area contributed by atoms with E-state index in [0.717, 1.165) is 23.8 Å². The number of furan rings is 1. The first-order valence-corrected chi connectivity index (χ1v) is 9.71. The van der Waals surface area contributed by atoms with Crippen LogP contribution in [0.15, 0.2) is 28.4 Å². The number of allylic oxidation sites excluding steroid dienone is 2. The monoisotopic (exact) mass is 252 g/mol. The summed E-state index contributed by atoms with van der Waals surface area (Å²) in [7, 11) is -1.40. The Hall–Kier alpha value is -0.803. The zero-order valence-electron chi connectivity index (χ0n) is 11.6. The fraction of sp³-hybridized carbons (Fsp3) is 0.571. The summed E-state index contributed by atoms with van der Waals surface area (Å²) in [6, 6.07) is 2.03. The lowest BCUT2D eigenvalue weighted by atomic mass is 10.1. The molecule has 0 radical (unpaired) electrons. The average molecular weight is 252 g/mol. The summed E-state index contributed by atoms with van der Waals surface area (Å²) in [5.41, 5.74) is 2.22. The number of aliphatic hydroxyl groups is 1. The van der Waals surface area contributed by atoms with Gasteiger partial charge in [0, 0.05) is 5.56 Å². The van der Waals surface area contributed by atoms with E-state index in [9.17, 15) is 5.11 Å². The molecule has 1 aromatic heterocycles. The van der Waals surface area contributed by atoms with Crippen LogP contribution in [0.25, 0.3) is 0 Å². The minimum absolute atomic E-state index is 0.403. The molecule has 0 bridgehead atoms. The van der Waals surface area contributed by atoms with Gasteiger partial charge in [-0.15, -0.1) is 0 Å². The van der Waals surface area contributed by atoms with Crippen LogP contribution in [-0.2, 0) is 0 Å². The average Bonchev–Trinajstić information content (AvgIpc) is 2.64. The van der Waals surface area contributed by atoms with Gasteiger partial charge in [0.1, 0.15) is 8.07 Å². The van der Waals surface area contributed by atoms with E-state index < -0.39 is 14.2 Å². The summed E-state index contributed by atoms with van der Waals surface area (Å²) in [4.78, 5) is 0. The molecule has 0 aliphatic carbocycles. The second-order valence-electron chi connectivity index (χ2n) is 5.87. The molecule has 0 saturated carbocycles. The van der Waals surface area contributed by atoms with Crippen LogP contribution in [0, 0.1) is 0 Å². The third kappa shape index (κ3) is 4.52. The minimum Gasteiger partial charge on any atom is -0.474 e.